The number of anilines is 1. The van der Waals surface area contributed by atoms with Crippen LogP contribution in [0.25, 0.3) is 0 Å². The van der Waals surface area contributed by atoms with Gasteiger partial charge < -0.3 is 9.64 Å². The summed E-state index contributed by atoms with van der Waals surface area (Å²) in [5, 5.41) is 2.67. The average Bonchev–Trinajstić information content (AvgIpc) is 3.09. The van der Waals surface area contributed by atoms with Crippen molar-refractivity contribution in [3.05, 3.63) is 40.4 Å². The summed E-state index contributed by atoms with van der Waals surface area (Å²) in [6.45, 7) is 6.24. The Morgan fingerprint density at radius 1 is 1.28 bits per heavy atom. The molecule has 0 unspecified atom stereocenters. The number of carbonyl (C=O) groups excluding carboxylic acids is 2. The summed E-state index contributed by atoms with van der Waals surface area (Å²) in [5.41, 5.74) is 1.21. The van der Waals surface area contributed by atoms with Crippen LogP contribution in [0.4, 0.5) is 9.93 Å². The standard InChI is InChI=1S/C19H23N3O5S2/c1-4-27-19(24)22-10-9-15-16(11-22)28-18(20-15)21-17(23)13-5-7-14(8-6-13)29(25,26)12(2)3/h5-8,12H,4,9-11H2,1-3H3,(H,20,21,23). The lowest BCUT2D eigenvalue weighted by molar-refractivity contribution is 0.102. The summed E-state index contributed by atoms with van der Waals surface area (Å²) >= 11 is 1.32. The molecule has 0 aliphatic carbocycles. The van der Waals surface area contributed by atoms with Gasteiger partial charge in [-0.05, 0) is 45.0 Å². The van der Waals surface area contributed by atoms with Crippen molar-refractivity contribution in [1.29, 1.82) is 0 Å². The van der Waals surface area contributed by atoms with Crippen LogP contribution < -0.4 is 5.32 Å². The van der Waals surface area contributed by atoms with Gasteiger partial charge in [0.05, 0.1) is 29.0 Å². The van der Waals surface area contributed by atoms with E-state index < -0.39 is 15.1 Å². The van der Waals surface area contributed by atoms with E-state index in [0.717, 1.165) is 10.6 Å². The summed E-state index contributed by atoms with van der Waals surface area (Å²) in [6, 6.07) is 5.85. The highest BCUT2D eigenvalue weighted by molar-refractivity contribution is 7.92. The molecule has 0 spiro atoms. The molecule has 10 heteroatoms. The van der Waals surface area contributed by atoms with Crippen molar-refractivity contribution in [2.24, 2.45) is 0 Å². The number of hydrogen-bond donors (Lipinski definition) is 1. The van der Waals surface area contributed by atoms with Crippen LogP contribution in [-0.4, -0.2) is 48.7 Å². The van der Waals surface area contributed by atoms with Gasteiger partial charge in [0.15, 0.2) is 15.0 Å². The fraction of sp³-hybridized carbons (Fsp3) is 0.421. The quantitative estimate of drug-likeness (QED) is 0.771. The molecule has 2 heterocycles. The van der Waals surface area contributed by atoms with Gasteiger partial charge in [-0.2, -0.15) is 0 Å². The Balaban J connectivity index is 1.69. The minimum absolute atomic E-state index is 0.188. The summed E-state index contributed by atoms with van der Waals surface area (Å²) in [7, 11) is -3.38. The molecule has 1 aliphatic heterocycles. The molecule has 0 bridgehead atoms. The Morgan fingerprint density at radius 2 is 1.97 bits per heavy atom. The SMILES string of the molecule is CCOC(=O)N1CCc2nc(NC(=O)c3ccc(S(=O)(=O)C(C)C)cc3)sc2C1. The zero-order chi connectivity index (χ0) is 21.2. The molecule has 2 aromatic rings. The number of carbonyl (C=O) groups is 2. The van der Waals surface area contributed by atoms with Crippen LogP contribution in [-0.2, 0) is 27.5 Å². The molecule has 1 aliphatic rings. The first-order chi connectivity index (χ1) is 13.7. The van der Waals surface area contributed by atoms with Gasteiger partial charge in [0.2, 0.25) is 0 Å². The molecule has 1 N–H and O–H groups in total. The smallest absolute Gasteiger partial charge is 0.410 e. The lowest BCUT2D eigenvalue weighted by atomic mass is 10.2. The summed E-state index contributed by atoms with van der Waals surface area (Å²) in [4.78, 5) is 31.6. The van der Waals surface area contributed by atoms with Crippen molar-refractivity contribution in [3.63, 3.8) is 0 Å². The van der Waals surface area contributed by atoms with E-state index in [2.05, 4.69) is 10.3 Å². The van der Waals surface area contributed by atoms with Crippen LogP contribution >= 0.6 is 11.3 Å². The molecule has 0 saturated carbocycles. The second-order valence-electron chi connectivity index (χ2n) is 6.83. The first-order valence-electron chi connectivity index (χ1n) is 9.28. The van der Waals surface area contributed by atoms with Crippen molar-refractivity contribution in [3.8, 4) is 0 Å². The number of nitrogens with zero attached hydrogens (tertiary/aromatic N) is 2. The topological polar surface area (TPSA) is 106 Å². The van der Waals surface area contributed by atoms with Crippen molar-refractivity contribution in [1.82, 2.24) is 9.88 Å². The minimum Gasteiger partial charge on any atom is -0.450 e. The highest BCUT2D eigenvalue weighted by Crippen LogP contribution is 2.29. The summed E-state index contributed by atoms with van der Waals surface area (Å²) in [6.07, 6.45) is 0.246. The van der Waals surface area contributed by atoms with Crippen molar-refractivity contribution in [2.45, 2.75) is 43.9 Å². The van der Waals surface area contributed by atoms with Gasteiger partial charge in [0.25, 0.3) is 5.91 Å². The lowest BCUT2D eigenvalue weighted by Gasteiger charge is -2.24. The molecule has 1 aromatic heterocycles. The third-order valence-electron chi connectivity index (χ3n) is 4.54. The zero-order valence-corrected chi connectivity index (χ0v) is 18.1. The van der Waals surface area contributed by atoms with Crippen LogP contribution in [0.2, 0.25) is 0 Å². The number of amides is 2. The fourth-order valence-electron chi connectivity index (χ4n) is 2.86. The highest BCUT2D eigenvalue weighted by Gasteiger charge is 2.25. The Bertz CT molecular complexity index is 1010. The molecular formula is C19H23N3O5S2. The van der Waals surface area contributed by atoms with Crippen LogP contribution in [0.5, 0.6) is 0 Å². The number of nitrogens with one attached hydrogen (secondary N) is 1. The van der Waals surface area contributed by atoms with Gasteiger partial charge in [0, 0.05) is 23.4 Å². The van der Waals surface area contributed by atoms with Crippen LogP contribution in [0, 0.1) is 0 Å². The first-order valence-corrected chi connectivity index (χ1v) is 11.6. The Labute approximate surface area is 173 Å². The Hall–Kier alpha value is -2.46. The molecule has 2 amide bonds. The van der Waals surface area contributed by atoms with Crippen LogP contribution in [0.3, 0.4) is 0 Å². The largest absolute Gasteiger partial charge is 0.450 e. The number of thiazole rings is 1. The van der Waals surface area contributed by atoms with Crippen molar-refractivity contribution in [2.75, 3.05) is 18.5 Å². The second kappa shape index (κ2) is 8.50. The Morgan fingerprint density at radius 3 is 2.59 bits per heavy atom. The molecule has 0 fully saturated rings. The highest BCUT2D eigenvalue weighted by atomic mass is 32.2. The number of benzene rings is 1. The molecule has 0 radical (unpaired) electrons. The van der Waals surface area contributed by atoms with E-state index >= 15 is 0 Å². The van der Waals surface area contributed by atoms with Gasteiger partial charge in [-0.25, -0.2) is 18.2 Å². The fourth-order valence-corrected chi connectivity index (χ4v) is 4.94. The average molecular weight is 438 g/mol. The third kappa shape index (κ3) is 4.59. The van der Waals surface area contributed by atoms with Gasteiger partial charge in [-0.15, -0.1) is 0 Å². The maximum Gasteiger partial charge on any atom is 0.410 e. The maximum absolute atomic E-state index is 12.5. The van der Waals surface area contributed by atoms with Gasteiger partial charge in [0.1, 0.15) is 0 Å². The minimum atomic E-state index is -3.38. The summed E-state index contributed by atoms with van der Waals surface area (Å²) < 4.78 is 29.4. The normalized spacial score (nSPS) is 13.9. The van der Waals surface area contributed by atoms with Gasteiger partial charge >= 0.3 is 6.09 Å². The van der Waals surface area contributed by atoms with Crippen LogP contribution in [0.1, 0.15) is 41.7 Å². The van der Waals surface area contributed by atoms with E-state index in [1.165, 1.54) is 35.6 Å². The predicted octanol–water partition coefficient (Wildman–Crippen LogP) is 3.09. The third-order valence-corrected chi connectivity index (χ3v) is 7.71. The molecule has 8 nitrogen and oxygen atoms in total. The molecule has 0 saturated heterocycles. The van der Waals surface area contributed by atoms with E-state index in [-0.39, 0.29) is 16.9 Å². The molecular weight excluding hydrogens is 414 g/mol. The van der Waals surface area contributed by atoms with E-state index in [1.54, 1.807) is 25.7 Å². The number of sulfone groups is 1. The van der Waals surface area contributed by atoms with Crippen LogP contribution in [0.15, 0.2) is 29.2 Å². The van der Waals surface area contributed by atoms with Crippen molar-refractivity contribution >= 4 is 38.3 Å². The van der Waals surface area contributed by atoms with E-state index in [4.69, 9.17) is 4.74 Å². The molecule has 3 rings (SSSR count). The molecule has 29 heavy (non-hydrogen) atoms. The maximum atomic E-state index is 12.5. The number of ether oxygens (including phenoxy) is 1. The van der Waals surface area contributed by atoms with E-state index in [1.807, 2.05) is 0 Å². The molecule has 0 atom stereocenters. The number of fused-ring (bicyclic) bond motifs is 1. The number of hydrogen-bond acceptors (Lipinski definition) is 7. The lowest BCUT2D eigenvalue weighted by Crippen LogP contribution is -2.35. The first kappa shape index (κ1) is 21.3. The van der Waals surface area contributed by atoms with Crippen molar-refractivity contribution < 1.29 is 22.7 Å². The van der Waals surface area contributed by atoms with Gasteiger partial charge in [-0.1, -0.05) is 11.3 Å². The predicted molar refractivity (Wildman–Crippen MR) is 110 cm³/mol. The monoisotopic (exact) mass is 437 g/mol. The summed E-state index contributed by atoms with van der Waals surface area (Å²) in [5.74, 6) is -0.369. The van der Waals surface area contributed by atoms with E-state index in [9.17, 15) is 18.0 Å². The number of aromatic nitrogens is 1. The van der Waals surface area contributed by atoms with E-state index in [0.29, 0.717) is 36.8 Å². The number of rotatable bonds is 5. The molecule has 156 valence electrons. The van der Waals surface area contributed by atoms with Gasteiger partial charge in [-0.3, -0.25) is 10.1 Å². The Kier molecular flexibility index (Phi) is 6.23. The zero-order valence-electron chi connectivity index (χ0n) is 16.5. The second-order valence-corrected chi connectivity index (χ2v) is 10.4. The molecule has 1 aromatic carbocycles.